The lowest BCUT2D eigenvalue weighted by Gasteiger charge is -2.05. The Hall–Kier alpha value is -0.520. The molecule has 0 fully saturated rings. The molecular weight excluding hydrogens is 328 g/mol. The third kappa shape index (κ3) is 13.6. The minimum Gasteiger partial charge on any atom is -0.744 e. The van der Waals surface area contributed by atoms with Crippen LogP contribution in [0.3, 0.4) is 0 Å². The van der Waals surface area contributed by atoms with Gasteiger partial charge in [0, 0.05) is 0 Å². The van der Waals surface area contributed by atoms with E-state index in [9.17, 15) is 13.0 Å². The van der Waals surface area contributed by atoms with Gasteiger partial charge in [-0.15, -0.1) is 0 Å². The summed E-state index contributed by atoms with van der Waals surface area (Å²) in [6.07, 6.45) is 14.8. The molecule has 0 aliphatic carbocycles. The van der Waals surface area contributed by atoms with Crippen molar-refractivity contribution in [1.29, 1.82) is 0 Å². The fourth-order valence-corrected chi connectivity index (χ4v) is 3.30. The normalized spacial score (nSPS) is 11.2. The van der Waals surface area contributed by atoms with Crippen molar-refractivity contribution >= 4 is 21.0 Å². The molecule has 1 aromatic carbocycles. The van der Waals surface area contributed by atoms with Gasteiger partial charge in [-0.25, -0.2) is 8.42 Å². The zero-order valence-electron chi connectivity index (χ0n) is 15.0. The Morgan fingerprint density at radius 1 is 0.913 bits per heavy atom. The third-order valence-electron chi connectivity index (χ3n) is 3.47. The van der Waals surface area contributed by atoms with Gasteiger partial charge in [0.05, 0.1) is 17.4 Å². The number of rotatable bonds is 9. The minimum atomic E-state index is -4.27. The maximum Gasteiger partial charge on any atom is 0.124 e. The van der Waals surface area contributed by atoms with Crippen molar-refractivity contribution in [3.63, 3.8) is 0 Å². The second-order valence-electron chi connectivity index (χ2n) is 6.08. The molecule has 0 radical (unpaired) electrons. The molecule has 5 heteroatoms. The van der Waals surface area contributed by atoms with Crippen LogP contribution in [0.4, 0.5) is 0 Å². The number of aryl methyl sites for hydroxylation is 1. The zero-order chi connectivity index (χ0) is 17.7. The lowest BCUT2D eigenvalue weighted by molar-refractivity contribution is 0.463. The largest absolute Gasteiger partial charge is 0.744 e. The Morgan fingerprint density at radius 3 is 1.83 bits per heavy atom. The number of hydrogen-bond acceptors (Lipinski definition) is 3. The van der Waals surface area contributed by atoms with Crippen LogP contribution in [-0.2, 0) is 21.0 Å². The molecule has 1 rings (SSSR count). The quantitative estimate of drug-likeness (QED) is 0.370. The van der Waals surface area contributed by atoms with Gasteiger partial charge in [0.1, 0.15) is 15.9 Å². The lowest BCUT2D eigenvalue weighted by atomic mass is 10.1. The van der Waals surface area contributed by atoms with Gasteiger partial charge in [-0.3, -0.25) is 0 Å². The fraction of sp³-hybridized carbons (Fsp3) is 0.667. The van der Waals surface area contributed by atoms with E-state index in [1.165, 1.54) is 62.8 Å². The van der Waals surface area contributed by atoms with Gasteiger partial charge < -0.3 is 4.55 Å². The summed E-state index contributed by atoms with van der Waals surface area (Å²) in [4.78, 5) is -0.178. The summed E-state index contributed by atoms with van der Waals surface area (Å²) in [5, 5.41) is 0. The van der Waals surface area contributed by atoms with Crippen LogP contribution in [0.25, 0.3) is 0 Å². The van der Waals surface area contributed by atoms with Crippen molar-refractivity contribution in [2.75, 3.05) is 18.3 Å². The molecule has 0 heterocycles. The van der Waals surface area contributed by atoms with Gasteiger partial charge in [-0.2, -0.15) is 0 Å². The van der Waals surface area contributed by atoms with Crippen molar-refractivity contribution in [1.82, 2.24) is 0 Å². The molecule has 0 amide bonds. The third-order valence-corrected chi connectivity index (χ3v) is 5.42. The summed E-state index contributed by atoms with van der Waals surface area (Å²) in [7, 11) is -3.59. The minimum absolute atomic E-state index is 0.178. The molecule has 134 valence electrons. The molecule has 0 aliphatic rings. The summed E-state index contributed by atoms with van der Waals surface area (Å²) in [6.45, 7) is 4.10. The first-order valence-electron chi connectivity index (χ1n) is 8.34. The van der Waals surface area contributed by atoms with Crippen molar-refractivity contribution < 1.29 is 13.0 Å². The summed E-state index contributed by atoms with van der Waals surface area (Å²) < 4.78 is 31.2. The van der Waals surface area contributed by atoms with Gasteiger partial charge in [0.15, 0.2) is 0 Å². The molecule has 0 saturated carbocycles. The van der Waals surface area contributed by atoms with Gasteiger partial charge in [-0.05, 0) is 42.8 Å². The van der Waals surface area contributed by atoms with Crippen molar-refractivity contribution in [3.05, 3.63) is 29.8 Å². The van der Waals surface area contributed by atoms with Crippen LogP contribution in [0.15, 0.2) is 29.2 Å². The van der Waals surface area contributed by atoms with Crippen LogP contribution >= 0.6 is 0 Å². The van der Waals surface area contributed by atoms with Gasteiger partial charge in [0.25, 0.3) is 0 Å². The monoisotopic (exact) mass is 360 g/mol. The van der Waals surface area contributed by atoms with Crippen LogP contribution in [0.5, 0.6) is 0 Å². The van der Waals surface area contributed by atoms with E-state index >= 15 is 0 Å². The Balaban J connectivity index is 0.000000422. The molecule has 23 heavy (non-hydrogen) atoms. The number of benzene rings is 1. The average Bonchev–Trinajstić information content (AvgIpc) is 2.46. The molecule has 0 aromatic heterocycles. The molecule has 0 atom stereocenters. The van der Waals surface area contributed by atoms with Crippen LogP contribution in [0, 0.1) is 6.92 Å². The Morgan fingerprint density at radius 2 is 1.39 bits per heavy atom. The second-order valence-corrected chi connectivity index (χ2v) is 9.84. The molecule has 0 spiro atoms. The molecule has 0 unspecified atom stereocenters. The number of unbranched alkanes of at least 4 members (excludes halogenated alkanes) is 6. The Labute approximate surface area is 146 Å². The van der Waals surface area contributed by atoms with Gasteiger partial charge >= 0.3 is 0 Å². The first kappa shape index (κ1) is 22.5. The van der Waals surface area contributed by atoms with E-state index < -0.39 is 10.1 Å². The van der Waals surface area contributed by atoms with Crippen LogP contribution < -0.4 is 0 Å². The topological polar surface area (TPSA) is 57.2 Å². The molecule has 0 bridgehead atoms. The summed E-state index contributed by atoms with van der Waals surface area (Å²) in [5.41, 5.74) is 0.928. The van der Waals surface area contributed by atoms with Crippen molar-refractivity contribution in [2.45, 2.75) is 63.7 Å². The summed E-state index contributed by atoms with van der Waals surface area (Å²) >= 11 is 0. The standard InChI is InChI=1S/C11H25S.C7H8O3S/c1-4-5-6-7-8-9-10-11-12(2)3;1-6-2-4-7(5-3-6)11(8,9)10/h4-11H2,1-3H3;2-5H,1H3,(H,8,9,10)/q+1;/p-1. The second kappa shape index (κ2) is 12.8. The van der Waals surface area contributed by atoms with E-state index in [0.29, 0.717) is 10.9 Å². The van der Waals surface area contributed by atoms with Crippen molar-refractivity contribution in [2.24, 2.45) is 0 Å². The maximum atomic E-state index is 10.4. The first-order valence-corrected chi connectivity index (χ1v) is 12.0. The lowest BCUT2D eigenvalue weighted by Crippen LogP contribution is -2.00. The highest BCUT2D eigenvalue weighted by Crippen LogP contribution is 2.08. The highest BCUT2D eigenvalue weighted by atomic mass is 32.2. The molecule has 0 N–H and O–H groups in total. The fourth-order valence-electron chi connectivity index (χ4n) is 2.05. The first-order chi connectivity index (χ1) is 10.8. The molecule has 3 nitrogen and oxygen atoms in total. The van der Waals surface area contributed by atoms with E-state index in [2.05, 4.69) is 19.4 Å². The van der Waals surface area contributed by atoms with E-state index in [1.807, 2.05) is 6.92 Å². The van der Waals surface area contributed by atoms with E-state index in [0.717, 1.165) is 5.56 Å². The van der Waals surface area contributed by atoms with Crippen LogP contribution in [0.2, 0.25) is 0 Å². The molecular formula is C18H32O3S2. The van der Waals surface area contributed by atoms with Crippen LogP contribution in [-0.4, -0.2) is 31.2 Å². The zero-order valence-corrected chi connectivity index (χ0v) is 16.6. The van der Waals surface area contributed by atoms with Gasteiger partial charge in [-0.1, -0.05) is 56.7 Å². The Bertz CT molecular complexity index is 494. The predicted octanol–water partition coefficient (Wildman–Crippen LogP) is 4.51. The highest BCUT2D eigenvalue weighted by molar-refractivity contribution is 7.95. The average molecular weight is 361 g/mol. The smallest absolute Gasteiger partial charge is 0.124 e. The van der Waals surface area contributed by atoms with E-state index in [1.54, 1.807) is 12.1 Å². The SMILES string of the molecule is CCCCCCCCC[S+](C)C.Cc1ccc(S(=O)(=O)[O-])cc1. The summed E-state index contributed by atoms with van der Waals surface area (Å²) in [6, 6.07) is 5.78. The molecule has 0 saturated heterocycles. The van der Waals surface area contributed by atoms with Crippen molar-refractivity contribution in [3.8, 4) is 0 Å². The summed E-state index contributed by atoms with van der Waals surface area (Å²) in [5.74, 6) is 1.45. The maximum absolute atomic E-state index is 10.4. The van der Waals surface area contributed by atoms with Gasteiger partial charge in [0.2, 0.25) is 0 Å². The van der Waals surface area contributed by atoms with E-state index in [-0.39, 0.29) is 4.90 Å². The highest BCUT2D eigenvalue weighted by Gasteiger charge is 2.00. The number of hydrogen-bond donors (Lipinski definition) is 0. The van der Waals surface area contributed by atoms with Crippen LogP contribution in [0.1, 0.15) is 57.4 Å². The molecule has 1 aromatic rings. The van der Waals surface area contributed by atoms with E-state index in [4.69, 9.17) is 0 Å². The predicted molar refractivity (Wildman–Crippen MR) is 101 cm³/mol. The Kier molecular flexibility index (Phi) is 12.6. The molecule has 0 aliphatic heterocycles.